The van der Waals surface area contributed by atoms with Crippen molar-refractivity contribution in [2.75, 3.05) is 0 Å². The molecule has 0 aliphatic carbocycles. The molecule has 0 unspecified atom stereocenters. The summed E-state index contributed by atoms with van der Waals surface area (Å²) in [7, 11) is -3.54. The quantitative estimate of drug-likeness (QED) is 0.677. The Kier molecular flexibility index (Phi) is 5.68. The first-order valence-electron chi connectivity index (χ1n) is 8.18. The molecule has 3 nitrogen and oxygen atoms in total. The van der Waals surface area contributed by atoms with Gasteiger partial charge in [0.25, 0.3) is 0 Å². The zero-order valence-electron chi connectivity index (χ0n) is 14.1. The summed E-state index contributed by atoms with van der Waals surface area (Å²) in [6.45, 7) is 1.94. The highest BCUT2D eigenvalue weighted by atomic mass is 32.2. The summed E-state index contributed by atoms with van der Waals surface area (Å²) in [5, 5.41) is 2.02. The largest absolute Gasteiger partial charge is 0.240 e. The van der Waals surface area contributed by atoms with E-state index in [2.05, 4.69) is 4.72 Å². The standard InChI is InChI=1S/C20H21NO2S2/c1-16-9-11-20(12-10-16)25(22,23)21-18(15-19-8-5-13-24-19)14-17-6-3-2-4-7-17/h2-13,18,21H,14-15H2,1H3/t18-/m1/s1. The van der Waals surface area contributed by atoms with Crippen LogP contribution in [0.1, 0.15) is 16.0 Å². The third-order valence-electron chi connectivity index (χ3n) is 4.01. The van der Waals surface area contributed by atoms with Crippen molar-refractivity contribution in [3.8, 4) is 0 Å². The molecule has 5 heteroatoms. The number of aryl methyl sites for hydroxylation is 1. The molecule has 1 N–H and O–H groups in total. The first kappa shape index (κ1) is 17.9. The fraction of sp³-hybridized carbons (Fsp3) is 0.200. The van der Waals surface area contributed by atoms with Crippen molar-refractivity contribution in [2.24, 2.45) is 0 Å². The van der Waals surface area contributed by atoms with Gasteiger partial charge in [-0.2, -0.15) is 0 Å². The van der Waals surface area contributed by atoms with E-state index >= 15 is 0 Å². The van der Waals surface area contributed by atoms with E-state index in [4.69, 9.17) is 0 Å². The number of thiophene rings is 1. The molecule has 0 fully saturated rings. The number of sulfonamides is 1. The summed E-state index contributed by atoms with van der Waals surface area (Å²) in [5.74, 6) is 0. The van der Waals surface area contributed by atoms with Gasteiger partial charge in [0.15, 0.2) is 0 Å². The maximum absolute atomic E-state index is 12.8. The van der Waals surface area contributed by atoms with Crippen LogP contribution in [0.4, 0.5) is 0 Å². The van der Waals surface area contributed by atoms with Crippen LogP contribution in [0, 0.1) is 6.92 Å². The van der Waals surface area contributed by atoms with Gasteiger partial charge in [0.05, 0.1) is 4.90 Å². The monoisotopic (exact) mass is 371 g/mol. The number of hydrogen-bond donors (Lipinski definition) is 1. The summed E-state index contributed by atoms with van der Waals surface area (Å²) in [6.07, 6.45) is 1.33. The Morgan fingerprint density at radius 3 is 2.28 bits per heavy atom. The summed E-state index contributed by atoms with van der Waals surface area (Å²) in [4.78, 5) is 1.48. The van der Waals surface area contributed by atoms with E-state index in [-0.39, 0.29) is 6.04 Å². The van der Waals surface area contributed by atoms with Crippen molar-refractivity contribution in [3.63, 3.8) is 0 Å². The SMILES string of the molecule is Cc1ccc(S(=O)(=O)N[C@H](Cc2ccccc2)Cc2cccs2)cc1. The Hall–Kier alpha value is -1.95. The van der Waals surface area contributed by atoms with Crippen LogP contribution in [0.5, 0.6) is 0 Å². The summed E-state index contributed by atoms with van der Waals surface area (Å²) >= 11 is 1.65. The molecule has 3 rings (SSSR count). The zero-order chi connectivity index (χ0) is 17.7. The van der Waals surface area contributed by atoms with Crippen LogP contribution in [0.25, 0.3) is 0 Å². The number of hydrogen-bond acceptors (Lipinski definition) is 3. The van der Waals surface area contributed by atoms with Crippen molar-refractivity contribution >= 4 is 21.4 Å². The summed E-state index contributed by atoms with van der Waals surface area (Å²) in [5.41, 5.74) is 2.16. The van der Waals surface area contributed by atoms with E-state index in [1.165, 1.54) is 4.88 Å². The minimum atomic E-state index is -3.54. The first-order chi connectivity index (χ1) is 12.0. The van der Waals surface area contributed by atoms with E-state index in [0.29, 0.717) is 17.7 Å². The normalized spacial score (nSPS) is 12.8. The molecule has 0 saturated heterocycles. The fourth-order valence-electron chi connectivity index (χ4n) is 2.73. The van der Waals surface area contributed by atoms with Crippen molar-refractivity contribution < 1.29 is 8.42 Å². The Labute approximate surface area is 153 Å². The van der Waals surface area contributed by atoms with Gasteiger partial charge in [-0.1, -0.05) is 54.1 Å². The molecule has 0 saturated carbocycles. The molecule has 3 aromatic rings. The molecule has 130 valence electrons. The smallest absolute Gasteiger partial charge is 0.207 e. The lowest BCUT2D eigenvalue weighted by Crippen LogP contribution is -2.37. The molecule has 0 aliphatic rings. The van der Waals surface area contributed by atoms with Gasteiger partial charge >= 0.3 is 0 Å². The van der Waals surface area contributed by atoms with E-state index in [9.17, 15) is 8.42 Å². The highest BCUT2D eigenvalue weighted by Crippen LogP contribution is 2.17. The third-order valence-corrected chi connectivity index (χ3v) is 6.44. The summed E-state index contributed by atoms with van der Waals surface area (Å²) < 4.78 is 28.4. The minimum Gasteiger partial charge on any atom is -0.207 e. The van der Waals surface area contributed by atoms with Crippen LogP contribution in [0.15, 0.2) is 77.0 Å². The van der Waals surface area contributed by atoms with Gasteiger partial charge in [0.1, 0.15) is 0 Å². The van der Waals surface area contributed by atoms with Crippen LogP contribution in [-0.4, -0.2) is 14.5 Å². The van der Waals surface area contributed by atoms with Crippen molar-refractivity contribution in [3.05, 3.63) is 88.1 Å². The highest BCUT2D eigenvalue weighted by Gasteiger charge is 2.21. The van der Waals surface area contributed by atoms with Crippen LogP contribution >= 0.6 is 11.3 Å². The van der Waals surface area contributed by atoms with Crippen LogP contribution in [-0.2, 0) is 22.9 Å². The van der Waals surface area contributed by atoms with Gasteiger partial charge in [-0.3, -0.25) is 0 Å². The second kappa shape index (κ2) is 7.95. The second-order valence-electron chi connectivity index (χ2n) is 6.10. The van der Waals surface area contributed by atoms with E-state index in [1.54, 1.807) is 23.5 Å². The molecule has 0 aliphatic heterocycles. The molecule has 0 amide bonds. The van der Waals surface area contributed by atoms with Gasteiger partial charge in [-0.05, 0) is 48.9 Å². The van der Waals surface area contributed by atoms with E-state index in [1.807, 2.05) is 66.9 Å². The molecule has 0 radical (unpaired) electrons. The van der Waals surface area contributed by atoms with Gasteiger partial charge in [0.2, 0.25) is 10.0 Å². The Bertz CT molecular complexity index is 887. The number of benzene rings is 2. The second-order valence-corrected chi connectivity index (χ2v) is 8.85. The van der Waals surface area contributed by atoms with Crippen LogP contribution in [0.2, 0.25) is 0 Å². The van der Waals surface area contributed by atoms with Gasteiger partial charge in [-0.25, -0.2) is 13.1 Å². The third kappa shape index (κ3) is 5.01. The van der Waals surface area contributed by atoms with Crippen molar-refractivity contribution in [1.82, 2.24) is 4.72 Å². The van der Waals surface area contributed by atoms with Crippen LogP contribution in [0.3, 0.4) is 0 Å². The first-order valence-corrected chi connectivity index (χ1v) is 10.5. The lowest BCUT2D eigenvalue weighted by molar-refractivity contribution is 0.544. The molecule has 1 heterocycles. The average Bonchev–Trinajstić information content (AvgIpc) is 3.09. The average molecular weight is 372 g/mol. The number of rotatable bonds is 7. The Balaban J connectivity index is 1.81. The zero-order valence-corrected chi connectivity index (χ0v) is 15.7. The Morgan fingerprint density at radius 2 is 1.64 bits per heavy atom. The lowest BCUT2D eigenvalue weighted by atomic mass is 10.0. The van der Waals surface area contributed by atoms with Gasteiger partial charge in [-0.15, -0.1) is 11.3 Å². The fourth-order valence-corrected chi connectivity index (χ4v) is 4.75. The predicted octanol–water partition coefficient (Wildman–Crippen LogP) is 4.19. The number of nitrogens with one attached hydrogen (secondary N) is 1. The lowest BCUT2D eigenvalue weighted by Gasteiger charge is -2.18. The van der Waals surface area contributed by atoms with Crippen molar-refractivity contribution in [2.45, 2.75) is 30.7 Å². The molecule has 1 aromatic heterocycles. The molecular weight excluding hydrogens is 350 g/mol. The molecule has 2 aromatic carbocycles. The molecule has 25 heavy (non-hydrogen) atoms. The van der Waals surface area contributed by atoms with E-state index < -0.39 is 10.0 Å². The maximum Gasteiger partial charge on any atom is 0.240 e. The molecular formula is C20H21NO2S2. The predicted molar refractivity (Wildman–Crippen MR) is 103 cm³/mol. The van der Waals surface area contributed by atoms with Crippen LogP contribution < -0.4 is 4.72 Å². The Morgan fingerprint density at radius 1 is 0.920 bits per heavy atom. The highest BCUT2D eigenvalue weighted by molar-refractivity contribution is 7.89. The van der Waals surface area contributed by atoms with E-state index in [0.717, 1.165) is 11.1 Å². The van der Waals surface area contributed by atoms with Crippen molar-refractivity contribution in [1.29, 1.82) is 0 Å². The van der Waals surface area contributed by atoms with Gasteiger partial charge < -0.3 is 0 Å². The van der Waals surface area contributed by atoms with Gasteiger partial charge in [0, 0.05) is 10.9 Å². The minimum absolute atomic E-state index is 0.188. The molecule has 0 bridgehead atoms. The molecule has 1 atom stereocenters. The maximum atomic E-state index is 12.8. The molecule has 0 spiro atoms. The summed E-state index contributed by atoms with van der Waals surface area (Å²) in [6, 6.07) is 20.8. The topological polar surface area (TPSA) is 46.2 Å².